The summed E-state index contributed by atoms with van der Waals surface area (Å²) in [4.78, 5) is 11.6. The van der Waals surface area contributed by atoms with Crippen molar-refractivity contribution in [3.8, 4) is 0 Å². The molecule has 1 aromatic rings. The number of methoxy groups -OCH3 is 1. The molecule has 0 saturated carbocycles. The van der Waals surface area contributed by atoms with Crippen molar-refractivity contribution < 1.29 is 89.0 Å². The Hall–Kier alpha value is -0.360. The molecule has 2 heterocycles. The van der Waals surface area contributed by atoms with Crippen molar-refractivity contribution in [3.05, 3.63) is 35.9 Å². The van der Waals surface area contributed by atoms with Gasteiger partial charge in [0.25, 0.3) is 0 Å². The van der Waals surface area contributed by atoms with E-state index in [2.05, 4.69) is 0 Å². The fraction of sp³-hybridized carbons (Fsp3) is 0.667. The number of benzene rings is 1. The maximum absolute atomic E-state index is 11.6. The Kier molecular flexibility index (Phi) is 12.3. The van der Waals surface area contributed by atoms with Crippen molar-refractivity contribution in [2.75, 3.05) is 19.5 Å². The van der Waals surface area contributed by atoms with Gasteiger partial charge < -0.3 is 59.5 Å². The zero-order valence-corrected chi connectivity index (χ0v) is 22.0. The monoisotopic (exact) mass is 528 g/mol. The molecule has 0 amide bonds. The zero-order chi connectivity index (χ0) is 25.0. The van der Waals surface area contributed by atoms with Crippen LogP contribution in [0.3, 0.4) is 0 Å². The maximum atomic E-state index is 11.6. The van der Waals surface area contributed by atoms with Gasteiger partial charge >= 0.3 is 29.6 Å². The van der Waals surface area contributed by atoms with Crippen LogP contribution in [0.25, 0.3) is 0 Å². The molecule has 1 aromatic carbocycles. The van der Waals surface area contributed by atoms with Crippen LogP contribution in [-0.4, -0.2) is 117 Å². The van der Waals surface area contributed by atoms with Gasteiger partial charge in [-0.1, -0.05) is 30.3 Å². The molecule has 35 heavy (non-hydrogen) atoms. The van der Waals surface area contributed by atoms with Crippen molar-refractivity contribution in [2.45, 2.75) is 66.7 Å². The largest absolute Gasteiger partial charge is 1.00 e. The third-order valence-electron chi connectivity index (χ3n) is 5.76. The number of aliphatic carboxylic acids is 1. The van der Waals surface area contributed by atoms with Crippen LogP contribution < -0.4 is 34.7 Å². The van der Waals surface area contributed by atoms with Crippen LogP contribution in [0.2, 0.25) is 0 Å². The average molecular weight is 529 g/mol. The second-order valence-corrected chi connectivity index (χ2v) is 9.14. The molecular weight excluding hydrogens is 499 g/mol. The first kappa shape index (κ1) is 30.9. The molecule has 2 aliphatic heterocycles. The first-order chi connectivity index (χ1) is 16.2. The van der Waals surface area contributed by atoms with Crippen molar-refractivity contribution in [1.82, 2.24) is 0 Å². The quantitative estimate of drug-likeness (QED) is 0.166. The smallest absolute Gasteiger partial charge is 0.549 e. The van der Waals surface area contributed by atoms with Crippen molar-refractivity contribution >= 4 is 17.7 Å². The SMILES string of the molecule is COC1OC(CO)C(OC2OC(CSC(C(=O)[O-])c3ccccc3)C(O)C(O)C2O)C(O)C1O.[Na+]. The van der Waals surface area contributed by atoms with Crippen LogP contribution in [0.1, 0.15) is 10.8 Å². The molecule has 12 nitrogen and oxygen atoms in total. The Morgan fingerprint density at radius 1 is 0.971 bits per heavy atom. The molecule has 2 aliphatic rings. The number of ether oxygens (including phenoxy) is 4. The van der Waals surface area contributed by atoms with Crippen LogP contribution in [0.4, 0.5) is 0 Å². The summed E-state index contributed by atoms with van der Waals surface area (Å²) in [5.74, 6) is -1.48. The number of carbonyl (C=O) groups excluding carboxylic acids is 1. The van der Waals surface area contributed by atoms with E-state index in [1.807, 2.05) is 0 Å². The van der Waals surface area contributed by atoms with Gasteiger partial charge in [0.05, 0.1) is 23.9 Å². The van der Waals surface area contributed by atoms with E-state index >= 15 is 0 Å². The summed E-state index contributed by atoms with van der Waals surface area (Å²) in [5, 5.41) is 71.8. The van der Waals surface area contributed by atoms with Gasteiger partial charge in [-0.3, -0.25) is 0 Å². The second-order valence-electron chi connectivity index (χ2n) is 8.00. The van der Waals surface area contributed by atoms with Crippen LogP contribution in [0.5, 0.6) is 0 Å². The topological polar surface area (TPSA) is 198 Å². The molecule has 11 unspecified atom stereocenters. The third-order valence-corrected chi connectivity index (χ3v) is 7.08. The first-order valence-corrected chi connectivity index (χ1v) is 11.6. The first-order valence-electron chi connectivity index (χ1n) is 10.6. The Bertz CT molecular complexity index is 789. The molecule has 3 rings (SSSR count). The summed E-state index contributed by atoms with van der Waals surface area (Å²) in [7, 11) is 1.24. The summed E-state index contributed by atoms with van der Waals surface area (Å²) < 4.78 is 21.5. The van der Waals surface area contributed by atoms with Crippen molar-refractivity contribution in [2.24, 2.45) is 0 Å². The fourth-order valence-corrected chi connectivity index (χ4v) is 5.00. The van der Waals surface area contributed by atoms with E-state index in [-0.39, 0.29) is 35.3 Å². The van der Waals surface area contributed by atoms with Gasteiger partial charge in [0.2, 0.25) is 0 Å². The number of rotatable bonds is 9. The molecule has 192 valence electrons. The molecule has 0 aliphatic carbocycles. The number of carboxylic acid groups (broad SMARTS) is 1. The number of carboxylic acids is 1. The summed E-state index contributed by atoms with van der Waals surface area (Å²) >= 11 is 0.888. The van der Waals surface area contributed by atoms with E-state index < -0.39 is 79.2 Å². The molecule has 0 spiro atoms. The molecule has 6 N–H and O–H groups in total. The minimum absolute atomic E-state index is 0. The van der Waals surface area contributed by atoms with E-state index in [1.54, 1.807) is 30.3 Å². The Morgan fingerprint density at radius 3 is 2.14 bits per heavy atom. The second kappa shape index (κ2) is 14.0. The van der Waals surface area contributed by atoms with E-state index in [1.165, 1.54) is 7.11 Å². The van der Waals surface area contributed by atoms with Crippen molar-refractivity contribution in [3.63, 3.8) is 0 Å². The Morgan fingerprint density at radius 2 is 1.57 bits per heavy atom. The average Bonchev–Trinajstić information content (AvgIpc) is 2.83. The van der Waals surface area contributed by atoms with Crippen LogP contribution in [0.15, 0.2) is 30.3 Å². The van der Waals surface area contributed by atoms with Crippen molar-refractivity contribution in [1.29, 1.82) is 0 Å². The maximum Gasteiger partial charge on any atom is 1.00 e. The Balaban J connectivity index is 0.00000432. The molecule has 0 radical (unpaired) electrons. The summed E-state index contributed by atoms with van der Waals surface area (Å²) in [6.45, 7) is -0.633. The van der Waals surface area contributed by atoms with Gasteiger partial charge in [-0.15, -0.1) is 11.8 Å². The van der Waals surface area contributed by atoms with E-state index in [9.17, 15) is 40.5 Å². The van der Waals surface area contributed by atoms with Gasteiger partial charge in [-0.25, -0.2) is 0 Å². The molecule has 0 aromatic heterocycles. The molecule has 0 bridgehead atoms. The number of aliphatic hydroxyl groups excluding tert-OH is 6. The van der Waals surface area contributed by atoms with E-state index in [4.69, 9.17) is 18.9 Å². The molecule has 2 fully saturated rings. The van der Waals surface area contributed by atoms with Gasteiger partial charge in [0.1, 0.15) is 42.7 Å². The molecule has 11 atom stereocenters. The number of aliphatic hydroxyl groups is 6. The van der Waals surface area contributed by atoms with E-state index in [0.29, 0.717) is 5.56 Å². The number of carbonyl (C=O) groups is 1. The summed E-state index contributed by atoms with van der Waals surface area (Å²) in [6, 6.07) is 8.27. The van der Waals surface area contributed by atoms with Crippen LogP contribution in [-0.2, 0) is 23.7 Å². The number of hydrogen-bond acceptors (Lipinski definition) is 13. The minimum atomic E-state index is -1.76. The molecule has 2 saturated heterocycles. The zero-order valence-electron chi connectivity index (χ0n) is 19.2. The predicted molar refractivity (Wildman–Crippen MR) is 113 cm³/mol. The molecular formula is C21H29NaO12S. The third kappa shape index (κ3) is 7.15. The van der Waals surface area contributed by atoms with Gasteiger partial charge in [0, 0.05) is 12.9 Å². The summed E-state index contributed by atoms with van der Waals surface area (Å²) in [5.41, 5.74) is 0.459. The fourth-order valence-electron chi connectivity index (χ4n) is 3.86. The predicted octanol–water partition coefficient (Wildman–Crippen LogP) is -6.51. The van der Waals surface area contributed by atoms with Gasteiger partial charge in [-0.05, 0) is 5.56 Å². The Labute approximate surface area is 228 Å². The normalized spacial score (nSPS) is 38.4. The van der Waals surface area contributed by atoms with Gasteiger partial charge in [0.15, 0.2) is 12.6 Å². The number of hydrogen-bond donors (Lipinski definition) is 6. The molecule has 14 heteroatoms. The number of thioether (sulfide) groups is 1. The van der Waals surface area contributed by atoms with E-state index in [0.717, 1.165) is 11.8 Å². The standard InChI is InChI=1S/C21H30O12S.Na/c1-30-20-16(27)14(25)17(10(7-22)31-20)33-21-15(26)13(24)12(23)11(32-21)8-34-18(19(28)29)9-5-3-2-4-6-9;/h2-6,10-18,20-27H,7-8H2,1H3,(H,28,29);/q;+1/p-1. The minimum Gasteiger partial charge on any atom is -0.549 e. The van der Waals surface area contributed by atoms with Crippen LogP contribution >= 0.6 is 11.8 Å². The van der Waals surface area contributed by atoms with Crippen LogP contribution in [0, 0.1) is 0 Å². The summed E-state index contributed by atoms with van der Waals surface area (Å²) in [6.07, 6.45) is -14.8. The van der Waals surface area contributed by atoms with Gasteiger partial charge in [-0.2, -0.15) is 0 Å².